The van der Waals surface area contributed by atoms with E-state index in [1.807, 2.05) is 12.8 Å². The first-order chi connectivity index (χ1) is 10.5. The van der Waals surface area contributed by atoms with Crippen LogP contribution in [-0.4, -0.2) is 22.7 Å². The number of rotatable bonds is 2. The van der Waals surface area contributed by atoms with E-state index >= 15 is 0 Å². The van der Waals surface area contributed by atoms with Gasteiger partial charge in [0.2, 0.25) is 5.60 Å². The second kappa shape index (κ2) is 5.98. The van der Waals surface area contributed by atoms with Gasteiger partial charge in [-0.25, -0.2) is 0 Å². The Morgan fingerprint density at radius 3 is 2.74 bits per heavy atom. The number of hydrogen-bond acceptors (Lipinski definition) is 2. The summed E-state index contributed by atoms with van der Waals surface area (Å²) >= 11 is 0. The molecule has 0 spiro atoms. The molecule has 1 fully saturated rings. The van der Waals surface area contributed by atoms with E-state index in [0.29, 0.717) is 19.1 Å². The summed E-state index contributed by atoms with van der Waals surface area (Å²) in [5.74, 6) is 4.71. The second-order valence-electron chi connectivity index (χ2n) is 7.16. The fourth-order valence-corrected chi connectivity index (χ4v) is 3.87. The van der Waals surface area contributed by atoms with Crippen LogP contribution in [0.2, 0.25) is 0 Å². The number of aliphatic hydroxyl groups is 1. The van der Waals surface area contributed by atoms with Crippen molar-refractivity contribution in [1.29, 1.82) is 0 Å². The minimum atomic E-state index is -4.76. The molecule has 23 heavy (non-hydrogen) atoms. The third kappa shape index (κ3) is 3.33. The molecule has 0 aromatic rings. The summed E-state index contributed by atoms with van der Waals surface area (Å²) in [6, 6.07) is 0. The maximum absolute atomic E-state index is 12.6. The standard InChI is InChI=1S/C18H23F3O2/c1-12(6-4-11-17(3,23)18(19,20)21)13-8-9-14-15(22)7-5-10-16(13,14)2/h8,12,14,23H,5-7,9-10H2,1-3H3/t12?,14?,16-,17?/m1/s1. The lowest BCUT2D eigenvalue weighted by Crippen LogP contribution is -2.40. The highest BCUT2D eigenvalue weighted by Crippen LogP contribution is 2.53. The van der Waals surface area contributed by atoms with Gasteiger partial charge in [-0.3, -0.25) is 4.79 Å². The lowest BCUT2D eigenvalue weighted by molar-refractivity contribution is -0.228. The number of carbonyl (C=O) groups is 1. The molecule has 2 rings (SSSR count). The quantitative estimate of drug-likeness (QED) is 0.614. The van der Waals surface area contributed by atoms with Gasteiger partial charge in [0.15, 0.2) is 0 Å². The van der Waals surface area contributed by atoms with E-state index in [1.165, 1.54) is 0 Å². The topological polar surface area (TPSA) is 37.3 Å². The molecule has 128 valence electrons. The van der Waals surface area contributed by atoms with Gasteiger partial charge in [0, 0.05) is 18.8 Å². The molecule has 0 bridgehead atoms. The minimum absolute atomic E-state index is 0.0138. The largest absolute Gasteiger partial charge is 0.428 e. The van der Waals surface area contributed by atoms with Crippen LogP contribution in [0.25, 0.3) is 0 Å². The average molecular weight is 328 g/mol. The number of halogens is 3. The van der Waals surface area contributed by atoms with E-state index in [2.05, 4.69) is 18.9 Å². The summed E-state index contributed by atoms with van der Waals surface area (Å²) in [7, 11) is 0. The zero-order chi connectivity index (χ0) is 17.5. The summed E-state index contributed by atoms with van der Waals surface area (Å²) in [6.07, 6.45) is 0.712. The van der Waals surface area contributed by atoms with Crippen molar-refractivity contribution in [3.05, 3.63) is 11.6 Å². The summed E-state index contributed by atoms with van der Waals surface area (Å²) in [6.45, 7) is 4.68. The molecule has 2 aliphatic rings. The van der Waals surface area contributed by atoms with Gasteiger partial charge in [-0.1, -0.05) is 37.3 Å². The van der Waals surface area contributed by atoms with Crippen molar-refractivity contribution in [2.24, 2.45) is 17.3 Å². The van der Waals surface area contributed by atoms with Crippen molar-refractivity contribution in [2.75, 3.05) is 0 Å². The van der Waals surface area contributed by atoms with Gasteiger partial charge in [0.1, 0.15) is 5.78 Å². The summed E-state index contributed by atoms with van der Waals surface area (Å²) in [5.41, 5.74) is -2.02. The highest BCUT2D eigenvalue weighted by Gasteiger charge is 2.49. The molecule has 0 heterocycles. The van der Waals surface area contributed by atoms with Gasteiger partial charge < -0.3 is 5.11 Å². The Morgan fingerprint density at radius 1 is 1.48 bits per heavy atom. The van der Waals surface area contributed by atoms with Crippen LogP contribution in [0.4, 0.5) is 13.2 Å². The summed E-state index contributed by atoms with van der Waals surface area (Å²) in [4.78, 5) is 12.1. The molecule has 5 heteroatoms. The molecule has 0 aromatic carbocycles. The third-order valence-electron chi connectivity index (χ3n) is 5.33. The number of carbonyl (C=O) groups excluding carboxylic acids is 1. The Hall–Kier alpha value is -1.28. The van der Waals surface area contributed by atoms with Gasteiger partial charge >= 0.3 is 6.18 Å². The van der Waals surface area contributed by atoms with E-state index in [9.17, 15) is 23.1 Å². The maximum atomic E-state index is 12.6. The van der Waals surface area contributed by atoms with E-state index in [0.717, 1.165) is 24.8 Å². The zero-order valence-corrected chi connectivity index (χ0v) is 13.8. The van der Waals surface area contributed by atoms with Gasteiger partial charge in [-0.2, -0.15) is 13.2 Å². The van der Waals surface area contributed by atoms with Crippen molar-refractivity contribution < 1.29 is 23.1 Å². The Balaban J connectivity index is 2.08. The van der Waals surface area contributed by atoms with E-state index in [4.69, 9.17) is 0 Å². The Bertz CT molecular complexity index is 577. The molecule has 2 aliphatic carbocycles. The van der Waals surface area contributed by atoms with E-state index in [-0.39, 0.29) is 23.7 Å². The summed E-state index contributed by atoms with van der Waals surface area (Å²) in [5, 5.41) is 9.34. The lowest BCUT2D eigenvalue weighted by Gasteiger charge is -2.39. The van der Waals surface area contributed by atoms with Crippen LogP contribution >= 0.6 is 0 Å². The molecular formula is C18H23F3O2. The van der Waals surface area contributed by atoms with E-state index < -0.39 is 11.8 Å². The van der Waals surface area contributed by atoms with Crippen LogP contribution < -0.4 is 0 Å². The van der Waals surface area contributed by atoms with Crippen molar-refractivity contribution in [2.45, 2.75) is 64.7 Å². The van der Waals surface area contributed by atoms with Crippen molar-refractivity contribution in [1.82, 2.24) is 0 Å². The van der Waals surface area contributed by atoms with E-state index in [1.54, 1.807) is 0 Å². The van der Waals surface area contributed by atoms with Crippen LogP contribution in [0.3, 0.4) is 0 Å². The molecule has 0 aliphatic heterocycles. The fraction of sp³-hybridized carbons (Fsp3) is 0.722. The van der Waals surface area contributed by atoms with Crippen LogP contribution in [0, 0.1) is 29.1 Å². The Morgan fingerprint density at radius 2 is 2.13 bits per heavy atom. The molecule has 4 atom stereocenters. The molecule has 0 aromatic heterocycles. The monoisotopic (exact) mass is 328 g/mol. The Kier molecular flexibility index (Phi) is 4.69. The molecular weight excluding hydrogens is 305 g/mol. The molecule has 1 saturated carbocycles. The zero-order valence-electron chi connectivity index (χ0n) is 13.8. The van der Waals surface area contributed by atoms with Crippen LogP contribution in [0.15, 0.2) is 11.6 Å². The van der Waals surface area contributed by atoms with Gasteiger partial charge in [0.05, 0.1) is 0 Å². The smallest absolute Gasteiger partial charge is 0.370 e. The van der Waals surface area contributed by atoms with Gasteiger partial charge in [0.25, 0.3) is 0 Å². The van der Waals surface area contributed by atoms with Gasteiger partial charge in [-0.15, -0.1) is 0 Å². The normalized spacial score (nSPS) is 31.5. The highest BCUT2D eigenvalue weighted by atomic mass is 19.4. The first-order valence-electron chi connectivity index (χ1n) is 8.01. The highest BCUT2D eigenvalue weighted by molar-refractivity contribution is 5.84. The lowest BCUT2D eigenvalue weighted by atomic mass is 9.63. The molecule has 3 unspecified atom stereocenters. The predicted octanol–water partition coefficient (Wildman–Crippen LogP) is 4.03. The molecule has 1 N–H and O–H groups in total. The first kappa shape index (κ1) is 18.1. The predicted molar refractivity (Wildman–Crippen MR) is 81.4 cm³/mol. The van der Waals surface area contributed by atoms with Crippen molar-refractivity contribution in [3.63, 3.8) is 0 Å². The number of fused-ring (bicyclic) bond motifs is 1. The van der Waals surface area contributed by atoms with Crippen LogP contribution in [-0.2, 0) is 4.79 Å². The van der Waals surface area contributed by atoms with Crippen molar-refractivity contribution >= 4 is 5.78 Å². The first-order valence-corrected chi connectivity index (χ1v) is 8.01. The maximum Gasteiger partial charge on any atom is 0.428 e. The van der Waals surface area contributed by atoms with Gasteiger partial charge in [-0.05, 0) is 37.5 Å². The molecule has 0 amide bonds. The SMILES string of the molecule is CC(CC#CC(C)(O)C(F)(F)F)C1=CCC2C(=O)CCC[C@]12C. The molecule has 0 radical (unpaired) electrons. The number of ketones is 1. The van der Waals surface area contributed by atoms with Crippen LogP contribution in [0.1, 0.15) is 52.9 Å². The summed E-state index contributed by atoms with van der Waals surface area (Å²) < 4.78 is 37.7. The second-order valence-corrected chi connectivity index (χ2v) is 7.16. The average Bonchev–Trinajstić information content (AvgIpc) is 2.75. The number of Topliss-reactive ketones (excluding diaryl/α,β-unsaturated/α-hetero) is 1. The minimum Gasteiger partial charge on any atom is -0.370 e. The fourth-order valence-electron chi connectivity index (χ4n) is 3.87. The number of hydrogen-bond donors (Lipinski definition) is 1. The molecule has 0 saturated heterocycles. The number of allylic oxidation sites excluding steroid dienone is 2. The number of alkyl halides is 3. The van der Waals surface area contributed by atoms with Crippen LogP contribution in [0.5, 0.6) is 0 Å². The Labute approximate surface area is 135 Å². The third-order valence-corrected chi connectivity index (χ3v) is 5.33. The molecule has 2 nitrogen and oxygen atoms in total. The van der Waals surface area contributed by atoms with Crippen molar-refractivity contribution in [3.8, 4) is 11.8 Å².